The number of rotatable bonds is 6. The summed E-state index contributed by atoms with van der Waals surface area (Å²) < 4.78 is 5.17. The molecular formula is C16H17N3O5. The highest BCUT2D eigenvalue weighted by atomic mass is 16.6. The first-order chi connectivity index (χ1) is 11.4. The van der Waals surface area contributed by atoms with Crippen molar-refractivity contribution < 1.29 is 18.9 Å². The molecule has 0 spiro atoms. The van der Waals surface area contributed by atoms with E-state index < -0.39 is 16.7 Å². The van der Waals surface area contributed by atoms with E-state index in [1.807, 2.05) is 0 Å². The molecule has 2 rings (SSSR count). The third-order valence-corrected chi connectivity index (χ3v) is 3.42. The van der Waals surface area contributed by atoms with Crippen LogP contribution in [-0.2, 0) is 4.79 Å². The van der Waals surface area contributed by atoms with Crippen LogP contribution in [0.25, 0.3) is 0 Å². The van der Waals surface area contributed by atoms with Crippen molar-refractivity contribution in [2.75, 3.05) is 6.54 Å². The van der Waals surface area contributed by atoms with Crippen molar-refractivity contribution >= 4 is 17.5 Å². The summed E-state index contributed by atoms with van der Waals surface area (Å²) in [6.07, 6.45) is 1.50. The van der Waals surface area contributed by atoms with Gasteiger partial charge in [0.1, 0.15) is 5.76 Å². The standard InChI is InChI=1S/C16H17N3O5/c1-10-5-6-12(8-13(10)19(22)23)16(21)17-9-15(20)18-11(2)14-4-3-7-24-14/h3-8,11H,9H2,1-2H3,(H,17,21)(H,18,20). The normalized spacial score (nSPS) is 11.6. The molecule has 1 unspecified atom stereocenters. The van der Waals surface area contributed by atoms with E-state index in [1.54, 1.807) is 26.0 Å². The van der Waals surface area contributed by atoms with Crippen LogP contribution in [0, 0.1) is 17.0 Å². The van der Waals surface area contributed by atoms with Crippen LogP contribution in [0.1, 0.15) is 34.6 Å². The number of nitrogens with one attached hydrogen (secondary N) is 2. The van der Waals surface area contributed by atoms with Crippen LogP contribution in [0.5, 0.6) is 0 Å². The average molecular weight is 331 g/mol. The molecule has 0 saturated carbocycles. The molecule has 1 heterocycles. The topological polar surface area (TPSA) is 114 Å². The Kier molecular flexibility index (Phi) is 5.31. The lowest BCUT2D eigenvalue weighted by Crippen LogP contribution is -2.37. The van der Waals surface area contributed by atoms with Crippen molar-refractivity contribution in [3.63, 3.8) is 0 Å². The van der Waals surface area contributed by atoms with E-state index in [-0.39, 0.29) is 23.8 Å². The van der Waals surface area contributed by atoms with Crippen LogP contribution in [-0.4, -0.2) is 23.3 Å². The zero-order valence-corrected chi connectivity index (χ0v) is 13.2. The lowest BCUT2D eigenvalue weighted by atomic mass is 10.1. The monoisotopic (exact) mass is 331 g/mol. The van der Waals surface area contributed by atoms with Gasteiger partial charge in [0.2, 0.25) is 5.91 Å². The van der Waals surface area contributed by atoms with Crippen LogP contribution in [0.3, 0.4) is 0 Å². The number of carbonyl (C=O) groups is 2. The number of aryl methyl sites for hydroxylation is 1. The molecule has 0 bridgehead atoms. The van der Waals surface area contributed by atoms with E-state index in [0.29, 0.717) is 11.3 Å². The summed E-state index contributed by atoms with van der Waals surface area (Å²) in [5.74, 6) is -0.350. The Labute approximate surface area is 138 Å². The molecule has 0 saturated heterocycles. The summed E-state index contributed by atoms with van der Waals surface area (Å²) in [4.78, 5) is 34.2. The molecule has 2 amide bonds. The van der Waals surface area contributed by atoms with Crippen molar-refractivity contribution in [3.8, 4) is 0 Å². The highest BCUT2D eigenvalue weighted by Crippen LogP contribution is 2.19. The molecule has 0 aliphatic carbocycles. The van der Waals surface area contributed by atoms with Gasteiger partial charge < -0.3 is 15.1 Å². The van der Waals surface area contributed by atoms with Gasteiger partial charge in [0.15, 0.2) is 0 Å². The summed E-state index contributed by atoms with van der Waals surface area (Å²) in [6, 6.07) is 7.27. The lowest BCUT2D eigenvalue weighted by Gasteiger charge is -2.12. The molecule has 0 radical (unpaired) electrons. The Morgan fingerprint density at radius 2 is 2.08 bits per heavy atom. The minimum absolute atomic E-state index is 0.124. The number of benzene rings is 1. The SMILES string of the molecule is Cc1ccc(C(=O)NCC(=O)NC(C)c2ccco2)cc1[N+](=O)[O-]. The lowest BCUT2D eigenvalue weighted by molar-refractivity contribution is -0.385. The number of carbonyl (C=O) groups excluding carboxylic acids is 2. The highest BCUT2D eigenvalue weighted by Gasteiger charge is 2.16. The van der Waals surface area contributed by atoms with Crippen molar-refractivity contribution in [2.45, 2.75) is 19.9 Å². The van der Waals surface area contributed by atoms with E-state index >= 15 is 0 Å². The first kappa shape index (κ1) is 17.2. The number of nitro benzene ring substituents is 1. The highest BCUT2D eigenvalue weighted by molar-refractivity contribution is 5.97. The molecule has 8 nitrogen and oxygen atoms in total. The summed E-state index contributed by atoms with van der Waals surface area (Å²) in [5.41, 5.74) is 0.444. The Morgan fingerprint density at radius 1 is 1.33 bits per heavy atom. The fraction of sp³-hybridized carbons (Fsp3) is 0.250. The van der Waals surface area contributed by atoms with Gasteiger partial charge in [0.05, 0.1) is 23.8 Å². The van der Waals surface area contributed by atoms with Crippen LogP contribution in [0.15, 0.2) is 41.0 Å². The van der Waals surface area contributed by atoms with Crippen LogP contribution >= 0.6 is 0 Å². The molecular weight excluding hydrogens is 314 g/mol. The van der Waals surface area contributed by atoms with Crippen molar-refractivity contribution in [3.05, 3.63) is 63.6 Å². The van der Waals surface area contributed by atoms with Gasteiger partial charge in [-0.3, -0.25) is 19.7 Å². The number of hydrogen-bond acceptors (Lipinski definition) is 5. The Hall–Kier alpha value is -3.16. The smallest absolute Gasteiger partial charge is 0.273 e. The van der Waals surface area contributed by atoms with Gasteiger partial charge in [-0.25, -0.2) is 0 Å². The predicted molar refractivity (Wildman–Crippen MR) is 85.4 cm³/mol. The second-order valence-electron chi connectivity index (χ2n) is 5.25. The van der Waals surface area contributed by atoms with Gasteiger partial charge in [-0.15, -0.1) is 0 Å². The molecule has 0 aliphatic heterocycles. The summed E-state index contributed by atoms with van der Waals surface area (Å²) in [7, 11) is 0. The predicted octanol–water partition coefficient (Wildman–Crippen LogP) is 2.10. The van der Waals surface area contributed by atoms with E-state index in [4.69, 9.17) is 4.42 Å². The van der Waals surface area contributed by atoms with E-state index in [9.17, 15) is 19.7 Å². The van der Waals surface area contributed by atoms with Crippen LogP contribution in [0.4, 0.5) is 5.69 Å². The third kappa shape index (κ3) is 4.19. The van der Waals surface area contributed by atoms with Crippen molar-refractivity contribution in [1.82, 2.24) is 10.6 Å². The molecule has 8 heteroatoms. The second kappa shape index (κ2) is 7.40. The van der Waals surface area contributed by atoms with E-state index in [0.717, 1.165) is 0 Å². The van der Waals surface area contributed by atoms with Gasteiger partial charge in [0, 0.05) is 17.2 Å². The molecule has 1 aromatic heterocycles. The maximum Gasteiger partial charge on any atom is 0.273 e. The van der Waals surface area contributed by atoms with Gasteiger partial charge in [-0.2, -0.15) is 0 Å². The number of amides is 2. The number of furan rings is 1. The third-order valence-electron chi connectivity index (χ3n) is 3.42. The molecule has 24 heavy (non-hydrogen) atoms. The number of nitro groups is 1. The largest absolute Gasteiger partial charge is 0.467 e. The van der Waals surface area contributed by atoms with E-state index in [2.05, 4.69) is 10.6 Å². The second-order valence-corrected chi connectivity index (χ2v) is 5.25. The van der Waals surface area contributed by atoms with Crippen molar-refractivity contribution in [2.24, 2.45) is 0 Å². The maximum absolute atomic E-state index is 12.0. The van der Waals surface area contributed by atoms with Gasteiger partial charge in [-0.05, 0) is 32.0 Å². The first-order valence-electron chi connectivity index (χ1n) is 7.24. The van der Waals surface area contributed by atoms with Gasteiger partial charge in [-0.1, -0.05) is 6.07 Å². The fourth-order valence-corrected chi connectivity index (χ4v) is 2.11. The van der Waals surface area contributed by atoms with E-state index in [1.165, 1.54) is 24.5 Å². The number of nitrogens with zero attached hydrogens (tertiary/aromatic N) is 1. The van der Waals surface area contributed by atoms with Gasteiger partial charge in [0.25, 0.3) is 11.6 Å². The van der Waals surface area contributed by atoms with Crippen molar-refractivity contribution in [1.29, 1.82) is 0 Å². The summed E-state index contributed by atoms with van der Waals surface area (Å²) in [5, 5.41) is 16.0. The average Bonchev–Trinajstić information content (AvgIpc) is 3.07. The summed E-state index contributed by atoms with van der Waals surface area (Å²) >= 11 is 0. The minimum Gasteiger partial charge on any atom is -0.467 e. The minimum atomic E-state index is -0.557. The molecule has 126 valence electrons. The molecule has 2 aromatic rings. The first-order valence-corrected chi connectivity index (χ1v) is 7.24. The quantitative estimate of drug-likeness (QED) is 0.621. The van der Waals surface area contributed by atoms with Crippen LogP contribution < -0.4 is 10.6 Å². The van der Waals surface area contributed by atoms with Crippen LogP contribution in [0.2, 0.25) is 0 Å². The Morgan fingerprint density at radius 3 is 2.71 bits per heavy atom. The number of hydrogen-bond donors (Lipinski definition) is 2. The zero-order valence-electron chi connectivity index (χ0n) is 13.2. The maximum atomic E-state index is 12.0. The molecule has 0 fully saturated rings. The fourth-order valence-electron chi connectivity index (χ4n) is 2.11. The van der Waals surface area contributed by atoms with Gasteiger partial charge >= 0.3 is 0 Å². The molecule has 1 atom stereocenters. The molecule has 0 aliphatic rings. The summed E-state index contributed by atoms with van der Waals surface area (Å²) in [6.45, 7) is 3.09. The molecule has 1 aromatic carbocycles. The Bertz CT molecular complexity index is 755. The zero-order chi connectivity index (χ0) is 17.7. The Balaban J connectivity index is 1.92. The molecule has 2 N–H and O–H groups in total.